The zero-order chi connectivity index (χ0) is 21.5. The first-order valence-electron chi connectivity index (χ1n) is 10.5. The van der Waals surface area contributed by atoms with Crippen molar-refractivity contribution in [1.29, 1.82) is 0 Å². The van der Waals surface area contributed by atoms with Crippen LogP contribution in [0.3, 0.4) is 0 Å². The highest BCUT2D eigenvalue weighted by molar-refractivity contribution is 5.71. The number of benzene rings is 2. The summed E-state index contributed by atoms with van der Waals surface area (Å²) in [5.74, 6) is 1.41. The van der Waals surface area contributed by atoms with E-state index in [-0.39, 0.29) is 12.1 Å². The second-order valence-electron chi connectivity index (χ2n) is 7.95. The molecule has 2 aromatic rings. The number of aryl methyl sites for hydroxylation is 1. The number of carbonyl (C=O) groups excluding carboxylic acids is 2. The Hall–Kier alpha value is -3.02. The first kappa shape index (κ1) is 21.7. The molecule has 0 saturated heterocycles. The molecule has 1 aliphatic carbocycles. The van der Waals surface area contributed by atoms with Gasteiger partial charge in [0.2, 0.25) is 0 Å². The molecule has 0 bridgehead atoms. The topological polar surface area (TPSA) is 67.9 Å². The second-order valence-corrected chi connectivity index (χ2v) is 7.95. The Morgan fingerprint density at radius 3 is 2.57 bits per heavy atom. The summed E-state index contributed by atoms with van der Waals surface area (Å²) in [7, 11) is 1.79. The second kappa shape index (κ2) is 10.1. The van der Waals surface area contributed by atoms with Crippen molar-refractivity contribution in [2.75, 3.05) is 13.6 Å². The van der Waals surface area contributed by atoms with Gasteiger partial charge < -0.3 is 19.7 Å². The summed E-state index contributed by atoms with van der Waals surface area (Å²) < 4.78 is 10.9. The number of nitrogens with one attached hydrogen (secondary N) is 1. The maximum atomic E-state index is 12.7. The summed E-state index contributed by atoms with van der Waals surface area (Å²) >= 11 is 0. The van der Waals surface area contributed by atoms with Crippen LogP contribution < -0.4 is 14.8 Å². The van der Waals surface area contributed by atoms with Crippen molar-refractivity contribution in [1.82, 2.24) is 10.2 Å². The molecular formula is C24H30N2O4. The van der Waals surface area contributed by atoms with Crippen molar-refractivity contribution in [2.45, 2.75) is 45.6 Å². The molecule has 0 aromatic heterocycles. The zero-order valence-corrected chi connectivity index (χ0v) is 17.9. The molecule has 2 atom stereocenters. The molecule has 0 spiro atoms. The molecule has 2 aromatic carbocycles. The molecule has 6 nitrogen and oxygen atoms in total. The quantitative estimate of drug-likeness (QED) is 0.746. The Morgan fingerprint density at radius 1 is 1.03 bits per heavy atom. The molecule has 1 N–H and O–H groups in total. The average Bonchev–Trinajstić information content (AvgIpc) is 2.76. The van der Waals surface area contributed by atoms with Gasteiger partial charge in [-0.1, -0.05) is 36.8 Å². The van der Waals surface area contributed by atoms with E-state index in [1.54, 1.807) is 24.1 Å². The van der Waals surface area contributed by atoms with E-state index in [9.17, 15) is 9.59 Å². The molecule has 1 aliphatic rings. The van der Waals surface area contributed by atoms with E-state index in [2.05, 4.69) is 5.32 Å². The normalized spacial score (nSPS) is 18.4. The van der Waals surface area contributed by atoms with E-state index in [1.165, 1.54) is 0 Å². The Labute approximate surface area is 178 Å². The van der Waals surface area contributed by atoms with E-state index in [4.69, 9.17) is 9.47 Å². The Morgan fingerprint density at radius 2 is 1.80 bits per heavy atom. The Kier molecular flexibility index (Phi) is 7.33. The van der Waals surface area contributed by atoms with Gasteiger partial charge in [0.15, 0.2) is 0 Å². The summed E-state index contributed by atoms with van der Waals surface area (Å²) in [6.45, 7) is 4.48. The SMILES string of the molecule is Cc1cccc(OC(=O)N(C)C2CCCC(CNC(=O)Oc3ccccc3)C2)c1C. The first-order valence-corrected chi connectivity index (χ1v) is 10.5. The molecule has 2 amide bonds. The zero-order valence-electron chi connectivity index (χ0n) is 17.9. The number of amides is 2. The van der Waals surface area contributed by atoms with Crippen LogP contribution in [0.1, 0.15) is 36.8 Å². The lowest BCUT2D eigenvalue weighted by molar-refractivity contribution is 0.120. The predicted molar refractivity (Wildman–Crippen MR) is 116 cm³/mol. The van der Waals surface area contributed by atoms with Crippen LogP contribution in [0.4, 0.5) is 9.59 Å². The number of carbonyl (C=O) groups is 2. The predicted octanol–water partition coefficient (Wildman–Crippen LogP) is 5.08. The van der Waals surface area contributed by atoms with Gasteiger partial charge in [-0.15, -0.1) is 0 Å². The molecule has 3 rings (SSSR count). The fourth-order valence-electron chi connectivity index (χ4n) is 3.81. The number of para-hydroxylation sites is 1. The van der Waals surface area contributed by atoms with Crippen LogP contribution >= 0.6 is 0 Å². The van der Waals surface area contributed by atoms with E-state index in [1.807, 2.05) is 50.2 Å². The summed E-state index contributed by atoms with van der Waals surface area (Å²) in [6, 6.07) is 14.8. The van der Waals surface area contributed by atoms with Gasteiger partial charge >= 0.3 is 12.2 Å². The van der Waals surface area contributed by atoms with Gasteiger partial charge in [-0.2, -0.15) is 0 Å². The third kappa shape index (κ3) is 5.75. The maximum absolute atomic E-state index is 12.7. The van der Waals surface area contributed by atoms with Gasteiger partial charge in [0.25, 0.3) is 0 Å². The minimum Gasteiger partial charge on any atom is -0.410 e. The van der Waals surface area contributed by atoms with Gasteiger partial charge in [-0.05, 0) is 68.4 Å². The summed E-state index contributed by atoms with van der Waals surface area (Å²) in [5, 5.41) is 2.85. The molecule has 0 heterocycles. The van der Waals surface area contributed by atoms with Crippen molar-refractivity contribution in [3.8, 4) is 11.5 Å². The highest BCUT2D eigenvalue weighted by Crippen LogP contribution is 2.28. The molecular weight excluding hydrogens is 380 g/mol. The lowest BCUT2D eigenvalue weighted by Gasteiger charge is -2.34. The van der Waals surface area contributed by atoms with Crippen LogP contribution in [-0.4, -0.2) is 36.7 Å². The van der Waals surface area contributed by atoms with Crippen LogP contribution in [0.15, 0.2) is 48.5 Å². The fraction of sp³-hybridized carbons (Fsp3) is 0.417. The maximum Gasteiger partial charge on any atom is 0.415 e. The number of hydrogen-bond acceptors (Lipinski definition) is 4. The van der Waals surface area contributed by atoms with Crippen molar-refractivity contribution >= 4 is 12.2 Å². The molecule has 0 aliphatic heterocycles. The van der Waals surface area contributed by atoms with Crippen LogP contribution in [0.25, 0.3) is 0 Å². The van der Waals surface area contributed by atoms with Gasteiger partial charge in [-0.3, -0.25) is 0 Å². The molecule has 0 radical (unpaired) electrons. The van der Waals surface area contributed by atoms with Crippen molar-refractivity contribution in [2.24, 2.45) is 5.92 Å². The van der Waals surface area contributed by atoms with Crippen LogP contribution in [-0.2, 0) is 0 Å². The smallest absolute Gasteiger partial charge is 0.410 e. The minimum atomic E-state index is -0.453. The largest absolute Gasteiger partial charge is 0.415 e. The monoisotopic (exact) mass is 410 g/mol. The Balaban J connectivity index is 1.49. The molecule has 160 valence electrons. The third-order valence-electron chi connectivity index (χ3n) is 5.83. The van der Waals surface area contributed by atoms with Crippen molar-refractivity contribution < 1.29 is 19.1 Å². The van der Waals surface area contributed by atoms with Crippen LogP contribution in [0.2, 0.25) is 0 Å². The van der Waals surface area contributed by atoms with Crippen molar-refractivity contribution in [3.05, 3.63) is 59.7 Å². The van der Waals surface area contributed by atoms with Crippen LogP contribution in [0, 0.1) is 19.8 Å². The molecule has 1 saturated carbocycles. The van der Waals surface area contributed by atoms with Crippen molar-refractivity contribution in [3.63, 3.8) is 0 Å². The lowest BCUT2D eigenvalue weighted by atomic mass is 9.85. The van der Waals surface area contributed by atoms with E-state index >= 15 is 0 Å². The summed E-state index contributed by atoms with van der Waals surface area (Å²) in [6.07, 6.45) is 2.98. The summed E-state index contributed by atoms with van der Waals surface area (Å²) in [4.78, 5) is 26.4. The van der Waals surface area contributed by atoms with E-state index in [0.717, 1.165) is 36.8 Å². The van der Waals surface area contributed by atoms with E-state index in [0.29, 0.717) is 24.0 Å². The Bertz CT molecular complexity index is 869. The summed E-state index contributed by atoms with van der Waals surface area (Å²) in [5.41, 5.74) is 2.07. The van der Waals surface area contributed by atoms with Gasteiger partial charge in [0.1, 0.15) is 11.5 Å². The lowest BCUT2D eigenvalue weighted by Crippen LogP contribution is -2.43. The molecule has 1 fully saturated rings. The first-order chi connectivity index (χ1) is 14.4. The van der Waals surface area contributed by atoms with Gasteiger partial charge in [0.05, 0.1) is 0 Å². The number of rotatable bonds is 5. The van der Waals surface area contributed by atoms with E-state index < -0.39 is 6.09 Å². The fourth-order valence-corrected chi connectivity index (χ4v) is 3.81. The number of nitrogens with zero attached hydrogens (tertiary/aromatic N) is 1. The van der Waals surface area contributed by atoms with Gasteiger partial charge in [0, 0.05) is 19.6 Å². The molecule has 6 heteroatoms. The number of hydrogen-bond donors (Lipinski definition) is 1. The molecule has 30 heavy (non-hydrogen) atoms. The minimum absolute atomic E-state index is 0.0910. The number of ether oxygens (including phenoxy) is 2. The third-order valence-corrected chi connectivity index (χ3v) is 5.83. The van der Waals surface area contributed by atoms with Gasteiger partial charge in [-0.25, -0.2) is 9.59 Å². The molecule has 2 unspecified atom stereocenters. The highest BCUT2D eigenvalue weighted by Gasteiger charge is 2.29. The van der Waals surface area contributed by atoms with Crippen LogP contribution in [0.5, 0.6) is 11.5 Å². The standard InChI is InChI=1S/C24H30N2O4/c1-17-9-7-14-22(18(17)2)30-24(28)26(3)20-11-8-10-19(15-20)16-25-23(27)29-21-12-5-4-6-13-21/h4-7,9,12-14,19-20H,8,10-11,15-16H2,1-3H3,(H,25,27). The highest BCUT2D eigenvalue weighted by atomic mass is 16.6. The average molecular weight is 411 g/mol.